The highest BCUT2D eigenvalue weighted by molar-refractivity contribution is 8.00. The van der Waals surface area contributed by atoms with Crippen molar-refractivity contribution in [3.63, 3.8) is 0 Å². The number of hydrogen-bond acceptors (Lipinski definition) is 4. The second-order valence-electron chi connectivity index (χ2n) is 4.69. The average Bonchev–Trinajstić information content (AvgIpc) is 3.24. The zero-order valence-electron chi connectivity index (χ0n) is 11.5. The topological polar surface area (TPSA) is 55.4 Å². The lowest BCUT2D eigenvalue weighted by molar-refractivity contribution is -0.139. The van der Waals surface area contributed by atoms with Gasteiger partial charge in [-0.1, -0.05) is 30.3 Å². The fraction of sp³-hybridized carbons (Fsp3) is 0.467. The summed E-state index contributed by atoms with van der Waals surface area (Å²) in [5, 5.41) is 2.64. The highest BCUT2D eigenvalue weighted by Crippen LogP contribution is 2.30. The van der Waals surface area contributed by atoms with Crippen LogP contribution in [0.5, 0.6) is 0 Å². The molecule has 0 aliphatic heterocycles. The number of ether oxygens (including phenoxy) is 1. The van der Waals surface area contributed by atoms with Crippen LogP contribution in [0.3, 0.4) is 0 Å². The van der Waals surface area contributed by atoms with E-state index in [1.54, 1.807) is 6.92 Å². The smallest absolute Gasteiger partial charge is 0.315 e. The number of hydrogen-bond donors (Lipinski definition) is 1. The molecule has 2 rings (SSSR count). The second-order valence-corrected chi connectivity index (χ2v) is 5.78. The van der Waals surface area contributed by atoms with E-state index < -0.39 is 0 Å². The number of esters is 1. The molecule has 4 nitrogen and oxygen atoms in total. The van der Waals surface area contributed by atoms with Gasteiger partial charge >= 0.3 is 5.97 Å². The molecular weight excluding hydrogens is 274 g/mol. The van der Waals surface area contributed by atoms with Crippen molar-refractivity contribution in [3.8, 4) is 0 Å². The van der Waals surface area contributed by atoms with Crippen LogP contribution in [0.15, 0.2) is 30.3 Å². The number of thioether (sulfide) groups is 1. The molecule has 1 unspecified atom stereocenters. The van der Waals surface area contributed by atoms with Crippen LogP contribution >= 0.6 is 11.8 Å². The normalized spacial score (nSPS) is 15.4. The monoisotopic (exact) mass is 293 g/mol. The standard InChI is InChI=1S/C15H19NO3S/c1-2-19-13(17)10-20-14(11-6-4-3-5-7-11)15(18)16-12-8-9-12/h3-7,12,14H,2,8-10H2,1H3,(H,16,18). The molecule has 1 saturated carbocycles. The third-order valence-corrected chi connectivity index (χ3v) is 4.16. The summed E-state index contributed by atoms with van der Waals surface area (Å²) in [6.45, 7) is 2.14. The maximum absolute atomic E-state index is 12.3. The Bertz CT molecular complexity index is 459. The molecule has 0 aromatic heterocycles. The molecule has 1 atom stereocenters. The molecule has 0 heterocycles. The molecule has 0 spiro atoms. The van der Waals surface area contributed by atoms with Gasteiger partial charge in [0.25, 0.3) is 0 Å². The fourth-order valence-corrected chi connectivity index (χ4v) is 2.76. The van der Waals surface area contributed by atoms with Crippen molar-refractivity contribution < 1.29 is 14.3 Å². The SMILES string of the molecule is CCOC(=O)CSC(C(=O)NC1CC1)c1ccccc1. The molecule has 1 amide bonds. The third-order valence-electron chi connectivity index (χ3n) is 2.94. The Kier molecular flexibility index (Phi) is 5.47. The van der Waals surface area contributed by atoms with E-state index in [0.29, 0.717) is 12.6 Å². The molecule has 108 valence electrons. The zero-order valence-corrected chi connectivity index (χ0v) is 12.3. The summed E-state index contributed by atoms with van der Waals surface area (Å²) in [7, 11) is 0. The first-order valence-corrected chi connectivity index (χ1v) is 7.88. The summed E-state index contributed by atoms with van der Waals surface area (Å²) >= 11 is 1.31. The molecule has 1 aromatic rings. The van der Waals surface area contributed by atoms with E-state index in [9.17, 15) is 9.59 Å². The molecular formula is C15H19NO3S. The lowest BCUT2D eigenvalue weighted by atomic mass is 10.1. The van der Waals surface area contributed by atoms with Gasteiger partial charge in [0, 0.05) is 6.04 Å². The molecule has 0 radical (unpaired) electrons. The van der Waals surface area contributed by atoms with Crippen molar-refractivity contribution in [1.82, 2.24) is 5.32 Å². The van der Waals surface area contributed by atoms with Crippen LogP contribution < -0.4 is 5.32 Å². The van der Waals surface area contributed by atoms with Crippen molar-refractivity contribution in [2.75, 3.05) is 12.4 Å². The van der Waals surface area contributed by atoms with E-state index in [1.165, 1.54) is 11.8 Å². The molecule has 5 heteroatoms. The van der Waals surface area contributed by atoms with Crippen molar-refractivity contribution in [2.45, 2.75) is 31.1 Å². The average molecular weight is 293 g/mol. The van der Waals surface area contributed by atoms with E-state index in [0.717, 1.165) is 18.4 Å². The second kappa shape index (κ2) is 7.33. The van der Waals surface area contributed by atoms with Crippen LogP contribution in [0.1, 0.15) is 30.6 Å². The number of benzene rings is 1. The van der Waals surface area contributed by atoms with Gasteiger partial charge in [0.05, 0.1) is 12.4 Å². The van der Waals surface area contributed by atoms with Crippen LogP contribution in [-0.2, 0) is 14.3 Å². The molecule has 1 aromatic carbocycles. The minimum absolute atomic E-state index is 0.0204. The third kappa shape index (κ3) is 4.56. The molecule has 1 aliphatic carbocycles. The van der Waals surface area contributed by atoms with Crippen LogP contribution in [0.25, 0.3) is 0 Å². The Morgan fingerprint density at radius 3 is 2.65 bits per heavy atom. The predicted octanol–water partition coefficient (Wildman–Crippen LogP) is 2.30. The maximum Gasteiger partial charge on any atom is 0.315 e. The number of carbonyl (C=O) groups is 2. The first-order chi connectivity index (χ1) is 9.70. The Labute approximate surface area is 123 Å². The maximum atomic E-state index is 12.3. The Hall–Kier alpha value is -1.49. The van der Waals surface area contributed by atoms with Crippen LogP contribution in [0, 0.1) is 0 Å². The van der Waals surface area contributed by atoms with Gasteiger partial charge in [-0.2, -0.15) is 0 Å². The first kappa shape index (κ1) is 14.9. The van der Waals surface area contributed by atoms with E-state index in [2.05, 4.69) is 5.32 Å². The van der Waals surface area contributed by atoms with Gasteiger partial charge in [-0.3, -0.25) is 9.59 Å². The molecule has 20 heavy (non-hydrogen) atoms. The van der Waals surface area contributed by atoms with Crippen LogP contribution in [-0.4, -0.2) is 30.3 Å². The number of nitrogens with one attached hydrogen (secondary N) is 1. The summed E-state index contributed by atoms with van der Waals surface area (Å²) in [6, 6.07) is 9.85. The number of amides is 1. The Morgan fingerprint density at radius 2 is 2.05 bits per heavy atom. The van der Waals surface area contributed by atoms with Crippen molar-refractivity contribution in [3.05, 3.63) is 35.9 Å². The highest BCUT2D eigenvalue weighted by atomic mass is 32.2. The molecule has 1 N–H and O–H groups in total. The van der Waals surface area contributed by atoms with Gasteiger partial charge in [0.2, 0.25) is 5.91 Å². The zero-order chi connectivity index (χ0) is 14.4. The van der Waals surface area contributed by atoms with Crippen LogP contribution in [0.2, 0.25) is 0 Å². The number of carbonyl (C=O) groups excluding carboxylic acids is 2. The summed E-state index contributed by atoms with van der Waals surface area (Å²) < 4.78 is 4.91. The molecule has 0 bridgehead atoms. The summed E-state index contributed by atoms with van der Waals surface area (Å²) in [5.74, 6) is -0.114. The van der Waals surface area contributed by atoms with Crippen molar-refractivity contribution in [1.29, 1.82) is 0 Å². The molecule has 1 aliphatic rings. The quantitative estimate of drug-likeness (QED) is 0.784. The fourth-order valence-electron chi connectivity index (χ4n) is 1.81. The van der Waals surface area contributed by atoms with E-state index in [4.69, 9.17) is 4.74 Å². The van der Waals surface area contributed by atoms with Gasteiger partial charge in [-0.05, 0) is 25.3 Å². The van der Waals surface area contributed by atoms with Gasteiger partial charge in [0.1, 0.15) is 5.25 Å². The Morgan fingerprint density at radius 1 is 1.35 bits per heavy atom. The van der Waals surface area contributed by atoms with Gasteiger partial charge in [-0.25, -0.2) is 0 Å². The molecule has 0 saturated heterocycles. The van der Waals surface area contributed by atoms with Gasteiger partial charge in [-0.15, -0.1) is 11.8 Å². The summed E-state index contributed by atoms with van der Waals surface area (Å²) in [5.41, 5.74) is 0.917. The Balaban J connectivity index is 1.99. The van der Waals surface area contributed by atoms with Crippen LogP contribution in [0.4, 0.5) is 0 Å². The highest BCUT2D eigenvalue weighted by Gasteiger charge is 2.29. The van der Waals surface area contributed by atoms with E-state index >= 15 is 0 Å². The van der Waals surface area contributed by atoms with Gasteiger partial charge in [0.15, 0.2) is 0 Å². The minimum Gasteiger partial charge on any atom is -0.465 e. The minimum atomic E-state index is -0.360. The largest absolute Gasteiger partial charge is 0.465 e. The summed E-state index contributed by atoms with van der Waals surface area (Å²) in [4.78, 5) is 23.7. The predicted molar refractivity (Wildman–Crippen MR) is 79.4 cm³/mol. The lowest BCUT2D eigenvalue weighted by Gasteiger charge is -2.16. The van der Waals surface area contributed by atoms with Crippen molar-refractivity contribution in [2.24, 2.45) is 0 Å². The van der Waals surface area contributed by atoms with Gasteiger partial charge < -0.3 is 10.1 Å². The lowest BCUT2D eigenvalue weighted by Crippen LogP contribution is -2.30. The van der Waals surface area contributed by atoms with E-state index in [1.807, 2.05) is 30.3 Å². The van der Waals surface area contributed by atoms with Crippen molar-refractivity contribution >= 4 is 23.6 Å². The summed E-state index contributed by atoms with van der Waals surface area (Å²) in [6.07, 6.45) is 2.10. The molecule has 1 fully saturated rings. The number of rotatable bonds is 7. The van der Waals surface area contributed by atoms with E-state index in [-0.39, 0.29) is 22.9 Å². The first-order valence-electron chi connectivity index (χ1n) is 6.83.